The molecular formula is C24H15BrN2. The van der Waals surface area contributed by atoms with Crippen molar-refractivity contribution >= 4 is 59.5 Å². The largest absolute Gasteiger partial charge is 0.355 e. The number of benzene rings is 4. The molecule has 2 nitrogen and oxygen atoms in total. The maximum atomic E-state index is 3.62. The van der Waals surface area contributed by atoms with Gasteiger partial charge in [0.05, 0.1) is 11.0 Å². The summed E-state index contributed by atoms with van der Waals surface area (Å²) in [6, 6.07) is 30.3. The van der Waals surface area contributed by atoms with Gasteiger partial charge in [0.2, 0.25) is 0 Å². The molecule has 0 aliphatic heterocycles. The van der Waals surface area contributed by atoms with Crippen molar-refractivity contribution in [2.24, 2.45) is 0 Å². The summed E-state index contributed by atoms with van der Waals surface area (Å²) in [4.78, 5) is 3.52. The topological polar surface area (TPSA) is 20.7 Å². The summed E-state index contributed by atoms with van der Waals surface area (Å²) in [5, 5.41) is 5.05. The fourth-order valence-electron chi connectivity index (χ4n) is 4.20. The van der Waals surface area contributed by atoms with Gasteiger partial charge in [0.25, 0.3) is 0 Å². The molecule has 27 heavy (non-hydrogen) atoms. The molecule has 6 aromatic rings. The average molecular weight is 411 g/mol. The van der Waals surface area contributed by atoms with Gasteiger partial charge in [-0.3, -0.25) is 0 Å². The number of aromatic nitrogens is 2. The van der Waals surface area contributed by atoms with E-state index in [0.717, 1.165) is 4.47 Å². The van der Waals surface area contributed by atoms with Crippen LogP contribution in [-0.2, 0) is 0 Å². The van der Waals surface area contributed by atoms with E-state index in [1.54, 1.807) is 0 Å². The standard InChI is InChI=1S/C24H15BrN2/c25-15-9-12-24-20(13-15)18-6-2-4-8-23(18)27(24)16-10-11-22-19(14-16)17-5-1-3-7-21(17)26-22/h1-14,26H. The van der Waals surface area contributed by atoms with Crippen molar-refractivity contribution in [2.45, 2.75) is 0 Å². The third-order valence-electron chi connectivity index (χ3n) is 5.38. The molecule has 128 valence electrons. The molecule has 2 aromatic heterocycles. The van der Waals surface area contributed by atoms with Crippen LogP contribution in [-0.4, -0.2) is 9.55 Å². The van der Waals surface area contributed by atoms with E-state index < -0.39 is 0 Å². The predicted octanol–water partition coefficient (Wildman–Crippen LogP) is 7.18. The number of nitrogens with zero attached hydrogens (tertiary/aromatic N) is 1. The Morgan fingerprint density at radius 1 is 0.593 bits per heavy atom. The number of hydrogen-bond donors (Lipinski definition) is 1. The van der Waals surface area contributed by atoms with Crippen LogP contribution in [0.1, 0.15) is 0 Å². The summed E-state index contributed by atoms with van der Waals surface area (Å²) >= 11 is 3.62. The normalized spacial score (nSPS) is 11.9. The second kappa shape index (κ2) is 5.48. The van der Waals surface area contributed by atoms with E-state index in [4.69, 9.17) is 0 Å². The van der Waals surface area contributed by atoms with Gasteiger partial charge in [-0.2, -0.15) is 0 Å². The van der Waals surface area contributed by atoms with Crippen molar-refractivity contribution in [2.75, 3.05) is 0 Å². The molecule has 0 spiro atoms. The van der Waals surface area contributed by atoms with Crippen molar-refractivity contribution in [1.29, 1.82) is 0 Å². The highest BCUT2D eigenvalue weighted by atomic mass is 79.9. The molecule has 0 saturated heterocycles. The monoisotopic (exact) mass is 410 g/mol. The van der Waals surface area contributed by atoms with Gasteiger partial charge in [-0.1, -0.05) is 52.3 Å². The lowest BCUT2D eigenvalue weighted by Crippen LogP contribution is -1.93. The van der Waals surface area contributed by atoms with E-state index in [-0.39, 0.29) is 0 Å². The Labute approximate surface area is 164 Å². The van der Waals surface area contributed by atoms with Crippen molar-refractivity contribution in [3.05, 3.63) is 89.4 Å². The Morgan fingerprint density at radius 3 is 2.26 bits per heavy atom. The van der Waals surface area contributed by atoms with E-state index in [1.165, 1.54) is 49.3 Å². The van der Waals surface area contributed by atoms with Gasteiger partial charge in [-0.25, -0.2) is 0 Å². The van der Waals surface area contributed by atoms with Crippen LogP contribution in [0, 0.1) is 0 Å². The molecule has 2 heterocycles. The number of para-hydroxylation sites is 2. The number of rotatable bonds is 1. The summed E-state index contributed by atoms with van der Waals surface area (Å²) in [7, 11) is 0. The molecule has 4 aromatic carbocycles. The first kappa shape index (κ1) is 15.1. The SMILES string of the molecule is Brc1ccc2c(c1)c1ccccc1n2-c1ccc2[nH]c3ccccc3c2c1. The van der Waals surface area contributed by atoms with Gasteiger partial charge in [-0.15, -0.1) is 0 Å². The third-order valence-corrected chi connectivity index (χ3v) is 5.88. The lowest BCUT2D eigenvalue weighted by atomic mass is 10.1. The minimum Gasteiger partial charge on any atom is -0.355 e. The molecule has 0 bridgehead atoms. The molecule has 0 amide bonds. The van der Waals surface area contributed by atoms with Crippen molar-refractivity contribution in [1.82, 2.24) is 9.55 Å². The highest BCUT2D eigenvalue weighted by molar-refractivity contribution is 9.10. The van der Waals surface area contributed by atoms with Gasteiger partial charge in [0.1, 0.15) is 0 Å². The first-order valence-electron chi connectivity index (χ1n) is 8.99. The Bertz CT molecular complexity index is 1490. The Balaban J connectivity index is 1.75. The molecule has 0 saturated carbocycles. The molecule has 0 aliphatic carbocycles. The second-order valence-corrected chi connectivity index (χ2v) is 7.83. The smallest absolute Gasteiger partial charge is 0.0541 e. The van der Waals surface area contributed by atoms with Gasteiger partial charge >= 0.3 is 0 Å². The van der Waals surface area contributed by atoms with Crippen molar-refractivity contribution < 1.29 is 0 Å². The first-order chi connectivity index (χ1) is 13.3. The molecular weight excluding hydrogens is 396 g/mol. The molecule has 3 heteroatoms. The van der Waals surface area contributed by atoms with Crippen molar-refractivity contribution in [3.8, 4) is 5.69 Å². The predicted molar refractivity (Wildman–Crippen MR) is 118 cm³/mol. The number of H-pyrrole nitrogens is 1. The third kappa shape index (κ3) is 2.12. The minimum atomic E-state index is 1.10. The zero-order valence-corrected chi connectivity index (χ0v) is 16.0. The highest BCUT2D eigenvalue weighted by Gasteiger charge is 2.13. The van der Waals surface area contributed by atoms with Crippen LogP contribution in [0.2, 0.25) is 0 Å². The summed E-state index contributed by atoms with van der Waals surface area (Å²) in [6.07, 6.45) is 0. The summed E-state index contributed by atoms with van der Waals surface area (Å²) < 4.78 is 3.46. The zero-order chi connectivity index (χ0) is 18.0. The molecule has 0 radical (unpaired) electrons. The van der Waals surface area contributed by atoms with Gasteiger partial charge in [0, 0.05) is 42.7 Å². The average Bonchev–Trinajstić information content (AvgIpc) is 3.23. The summed E-state index contributed by atoms with van der Waals surface area (Å²) in [5.41, 5.74) is 5.98. The van der Waals surface area contributed by atoms with E-state index in [0.29, 0.717) is 0 Å². The van der Waals surface area contributed by atoms with Gasteiger partial charge in [-0.05, 0) is 48.5 Å². The molecule has 1 N–H and O–H groups in total. The van der Waals surface area contributed by atoms with Crippen molar-refractivity contribution in [3.63, 3.8) is 0 Å². The summed E-state index contributed by atoms with van der Waals surface area (Å²) in [6.45, 7) is 0. The summed E-state index contributed by atoms with van der Waals surface area (Å²) in [5.74, 6) is 0. The fraction of sp³-hybridized carbons (Fsp3) is 0. The molecule has 0 atom stereocenters. The Morgan fingerprint density at radius 2 is 1.33 bits per heavy atom. The van der Waals surface area contributed by atoms with Gasteiger partial charge < -0.3 is 9.55 Å². The number of halogens is 1. The zero-order valence-electron chi connectivity index (χ0n) is 14.4. The molecule has 0 aliphatic rings. The molecule has 0 fully saturated rings. The van der Waals surface area contributed by atoms with Crippen LogP contribution in [0.3, 0.4) is 0 Å². The lowest BCUT2D eigenvalue weighted by molar-refractivity contribution is 1.19. The van der Waals surface area contributed by atoms with Crippen LogP contribution in [0.5, 0.6) is 0 Å². The number of hydrogen-bond acceptors (Lipinski definition) is 0. The lowest BCUT2D eigenvalue weighted by Gasteiger charge is -2.08. The first-order valence-corrected chi connectivity index (χ1v) is 9.78. The fourth-order valence-corrected chi connectivity index (χ4v) is 4.56. The van der Waals surface area contributed by atoms with E-state index >= 15 is 0 Å². The Kier molecular flexibility index (Phi) is 3.06. The Hall–Kier alpha value is -3.04. The van der Waals surface area contributed by atoms with Crippen LogP contribution < -0.4 is 0 Å². The van der Waals surface area contributed by atoms with Crippen LogP contribution in [0.25, 0.3) is 49.3 Å². The maximum absolute atomic E-state index is 3.62. The van der Waals surface area contributed by atoms with E-state index in [2.05, 4.69) is 110 Å². The number of aromatic amines is 1. The molecule has 6 rings (SSSR count). The van der Waals surface area contributed by atoms with Crippen LogP contribution in [0.4, 0.5) is 0 Å². The van der Waals surface area contributed by atoms with Crippen LogP contribution in [0.15, 0.2) is 89.4 Å². The minimum absolute atomic E-state index is 1.10. The van der Waals surface area contributed by atoms with E-state index in [9.17, 15) is 0 Å². The van der Waals surface area contributed by atoms with E-state index in [1.807, 2.05) is 0 Å². The number of nitrogens with one attached hydrogen (secondary N) is 1. The quantitative estimate of drug-likeness (QED) is 0.296. The molecule has 0 unspecified atom stereocenters. The van der Waals surface area contributed by atoms with Crippen LogP contribution >= 0.6 is 15.9 Å². The second-order valence-electron chi connectivity index (χ2n) is 6.91. The maximum Gasteiger partial charge on any atom is 0.0541 e. The highest BCUT2D eigenvalue weighted by Crippen LogP contribution is 2.35. The van der Waals surface area contributed by atoms with Gasteiger partial charge in [0.15, 0.2) is 0 Å². The number of fused-ring (bicyclic) bond motifs is 6.